The zero-order valence-corrected chi connectivity index (χ0v) is 18.2. The van der Waals surface area contributed by atoms with Gasteiger partial charge >= 0.3 is 5.97 Å². The SMILES string of the molecule is COc1ccc(S(=O)(=O)N(Cc2cccnc2)N2C=C(C(=O)O)Cn3nc(C)cc32)cc1. The first kappa shape index (κ1) is 21.5. The summed E-state index contributed by atoms with van der Waals surface area (Å²) in [6, 6.07) is 11.2. The van der Waals surface area contributed by atoms with Crippen molar-refractivity contribution in [3.8, 4) is 5.75 Å². The van der Waals surface area contributed by atoms with Gasteiger partial charge < -0.3 is 9.84 Å². The molecule has 3 heterocycles. The predicted octanol–water partition coefficient (Wildman–Crippen LogP) is 2.19. The number of carbonyl (C=O) groups is 1. The van der Waals surface area contributed by atoms with E-state index in [-0.39, 0.29) is 23.6 Å². The molecule has 0 saturated heterocycles. The van der Waals surface area contributed by atoms with Crippen molar-refractivity contribution in [3.05, 3.63) is 77.9 Å². The Balaban J connectivity index is 1.86. The number of aromatic nitrogens is 3. The Morgan fingerprint density at radius 1 is 1.25 bits per heavy atom. The fourth-order valence-electron chi connectivity index (χ4n) is 3.34. The maximum atomic E-state index is 13.7. The summed E-state index contributed by atoms with van der Waals surface area (Å²) in [5.74, 6) is -0.201. The molecular formula is C21H21N5O5S. The number of anilines is 1. The van der Waals surface area contributed by atoms with Crippen LogP contribution in [0, 0.1) is 6.92 Å². The van der Waals surface area contributed by atoms with Gasteiger partial charge in [0.1, 0.15) is 11.6 Å². The number of nitrogens with zero attached hydrogens (tertiary/aromatic N) is 5. The van der Waals surface area contributed by atoms with Crippen LogP contribution in [0.15, 0.2) is 71.5 Å². The normalized spacial score (nSPS) is 13.6. The highest BCUT2D eigenvalue weighted by Gasteiger charge is 2.35. The Morgan fingerprint density at radius 3 is 2.62 bits per heavy atom. The van der Waals surface area contributed by atoms with Gasteiger partial charge in [0, 0.05) is 24.7 Å². The van der Waals surface area contributed by atoms with Crippen LogP contribution < -0.4 is 9.75 Å². The van der Waals surface area contributed by atoms with Gasteiger partial charge in [0.25, 0.3) is 10.0 Å². The molecule has 166 valence electrons. The van der Waals surface area contributed by atoms with Gasteiger partial charge in [-0.1, -0.05) is 10.5 Å². The van der Waals surface area contributed by atoms with Crippen LogP contribution in [-0.2, 0) is 27.9 Å². The molecule has 1 N–H and O–H groups in total. The first-order valence-electron chi connectivity index (χ1n) is 9.63. The average Bonchev–Trinajstić information content (AvgIpc) is 3.17. The Morgan fingerprint density at radius 2 is 2.00 bits per heavy atom. The molecule has 32 heavy (non-hydrogen) atoms. The number of rotatable bonds is 7. The van der Waals surface area contributed by atoms with Gasteiger partial charge in [-0.25, -0.2) is 22.9 Å². The quantitative estimate of drug-likeness (QED) is 0.576. The van der Waals surface area contributed by atoms with Crippen molar-refractivity contribution in [1.29, 1.82) is 0 Å². The number of hydrogen-bond acceptors (Lipinski definition) is 7. The number of aliphatic carboxylic acids is 1. The highest BCUT2D eigenvalue weighted by molar-refractivity contribution is 7.89. The number of carboxylic acids is 1. The van der Waals surface area contributed by atoms with Crippen molar-refractivity contribution >= 4 is 21.8 Å². The highest BCUT2D eigenvalue weighted by atomic mass is 32.2. The average molecular weight is 455 g/mol. The van der Waals surface area contributed by atoms with Crippen LogP contribution >= 0.6 is 0 Å². The standard InChI is InChI=1S/C21H21N5O5S/c1-15-10-20-24(23-15)13-17(21(27)28)14-25(20)26(12-16-4-3-9-22-11-16)32(29,30)19-7-5-18(31-2)6-8-19/h3-11,14H,12-13H2,1-2H3,(H,27,28). The third-order valence-corrected chi connectivity index (χ3v) is 6.63. The fourth-order valence-corrected chi connectivity index (χ4v) is 4.75. The molecule has 0 atom stereocenters. The maximum Gasteiger partial charge on any atom is 0.335 e. The number of fused-ring (bicyclic) bond motifs is 1. The number of sulfonamides is 1. The van der Waals surface area contributed by atoms with E-state index < -0.39 is 16.0 Å². The summed E-state index contributed by atoms with van der Waals surface area (Å²) in [6.07, 6.45) is 4.47. The van der Waals surface area contributed by atoms with E-state index in [2.05, 4.69) is 10.1 Å². The summed E-state index contributed by atoms with van der Waals surface area (Å²) in [5, 5.41) is 15.2. The summed E-state index contributed by atoms with van der Waals surface area (Å²) >= 11 is 0. The Kier molecular flexibility index (Phi) is 5.68. The number of hydrazine groups is 1. The number of ether oxygens (including phenoxy) is 1. The summed E-state index contributed by atoms with van der Waals surface area (Å²) in [7, 11) is -2.62. The van der Waals surface area contributed by atoms with Crippen LogP contribution in [0.3, 0.4) is 0 Å². The van der Waals surface area contributed by atoms with Gasteiger partial charge in [-0.2, -0.15) is 5.10 Å². The minimum atomic E-state index is -4.11. The second-order valence-electron chi connectivity index (χ2n) is 7.13. The summed E-state index contributed by atoms with van der Waals surface area (Å²) in [4.78, 5) is 15.9. The lowest BCUT2D eigenvalue weighted by atomic mass is 10.2. The first-order chi connectivity index (χ1) is 15.3. The largest absolute Gasteiger partial charge is 0.497 e. The predicted molar refractivity (Wildman–Crippen MR) is 115 cm³/mol. The van der Waals surface area contributed by atoms with E-state index in [0.29, 0.717) is 22.8 Å². The highest BCUT2D eigenvalue weighted by Crippen LogP contribution is 2.31. The van der Waals surface area contributed by atoms with Crippen molar-refractivity contribution in [2.75, 3.05) is 12.1 Å². The molecule has 0 spiro atoms. The van der Waals surface area contributed by atoms with E-state index in [1.165, 1.54) is 35.1 Å². The minimum absolute atomic E-state index is 0.00159. The van der Waals surface area contributed by atoms with Gasteiger partial charge in [0.05, 0.1) is 36.4 Å². The van der Waals surface area contributed by atoms with E-state index >= 15 is 0 Å². The van der Waals surface area contributed by atoms with Crippen molar-refractivity contribution in [2.24, 2.45) is 0 Å². The fraction of sp³-hybridized carbons (Fsp3) is 0.190. The minimum Gasteiger partial charge on any atom is -0.497 e. The summed E-state index contributed by atoms with van der Waals surface area (Å²) < 4.78 is 35.2. The molecule has 0 unspecified atom stereocenters. The lowest BCUT2D eigenvalue weighted by Gasteiger charge is -2.35. The van der Waals surface area contributed by atoms with Gasteiger partial charge in [0.2, 0.25) is 0 Å². The zero-order chi connectivity index (χ0) is 22.9. The monoisotopic (exact) mass is 455 g/mol. The van der Waals surface area contributed by atoms with Crippen LogP contribution in [0.4, 0.5) is 5.82 Å². The lowest BCUT2D eigenvalue weighted by Crippen LogP contribution is -2.46. The van der Waals surface area contributed by atoms with Gasteiger partial charge in [0.15, 0.2) is 0 Å². The second kappa shape index (κ2) is 8.44. The molecular weight excluding hydrogens is 434 g/mol. The molecule has 11 heteroatoms. The van der Waals surface area contributed by atoms with Crippen LogP contribution in [0.5, 0.6) is 5.75 Å². The van der Waals surface area contributed by atoms with Crippen molar-refractivity contribution in [3.63, 3.8) is 0 Å². The third-order valence-electron chi connectivity index (χ3n) is 4.90. The number of carboxylic acid groups (broad SMARTS) is 1. The smallest absolute Gasteiger partial charge is 0.335 e. The molecule has 0 amide bonds. The van der Waals surface area contributed by atoms with E-state index in [9.17, 15) is 18.3 Å². The van der Waals surface area contributed by atoms with Crippen molar-refractivity contribution < 1.29 is 23.1 Å². The Bertz CT molecular complexity index is 1270. The zero-order valence-electron chi connectivity index (χ0n) is 17.4. The molecule has 0 radical (unpaired) electrons. The van der Waals surface area contributed by atoms with Gasteiger partial charge in [-0.3, -0.25) is 4.98 Å². The van der Waals surface area contributed by atoms with Crippen molar-refractivity contribution in [1.82, 2.24) is 19.2 Å². The number of benzene rings is 1. The molecule has 1 aromatic carbocycles. The van der Waals surface area contributed by atoms with E-state index in [4.69, 9.17) is 4.74 Å². The summed E-state index contributed by atoms with van der Waals surface area (Å²) in [6.45, 7) is 1.71. The molecule has 4 rings (SSSR count). The Hall–Kier alpha value is -3.70. The topological polar surface area (TPSA) is 118 Å². The van der Waals surface area contributed by atoms with E-state index in [1.54, 1.807) is 49.6 Å². The first-order valence-corrected chi connectivity index (χ1v) is 11.1. The number of aryl methyl sites for hydroxylation is 1. The van der Waals surface area contributed by atoms with Crippen molar-refractivity contribution in [2.45, 2.75) is 24.9 Å². The molecule has 1 aliphatic rings. The van der Waals surface area contributed by atoms with Crippen LogP contribution in [0.25, 0.3) is 0 Å². The lowest BCUT2D eigenvalue weighted by molar-refractivity contribution is -0.133. The van der Waals surface area contributed by atoms with Crippen LogP contribution in [0.2, 0.25) is 0 Å². The van der Waals surface area contributed by atoms with Gasteiger partial charge in [-0.15, -0.1) is 0 Å². The van der Waals surface area contributed by atoms with Crippen LogP contribution in [0.1, 0.15) is 11.3 Å². The maximum absolute atomic E-state index is 13.7. The molecule has 0 fully saturated rings. The molecule has 0 saturated carbocycles. The number of methoxy groups -OCH3 is 1. The summed E-state index contributed by atoms with van der Waals surface area (Å²) in [5.41, 5.74) is 1.26. The Labute approximate surface area is 185 Å². The molecule has 0 bridgehead atoms. The van der Waals surface area contributed by atoms with E-state index in [1.807, 2.05) is 0 Å². The molecule has 3 aromatic rings. The second-order valence-corrected chi connectivity index (χ2v) is 8.97. The molecule has 0 aliphatic carbocycles. The molecule has 2 aromatic heterocycles. The van der Waals surface area contributed by atoms with Gasteiger partial charge in [-0.05, 0) is 42.8 Å². The third kappa shape index (κ3) is 4.07. The molecule has 1 aliphatic heterocycles. The van der Waals surface area contributed by atoms with Crippen LogP contribution in [-0.4, -0.2) is 45.8 Å². The van der Waals surface area contributed by atoms with E-state index in [0.717, 1.165) is 4.41 Å². The molecule has 10 nitrogen and oxygen atoms in total. The number of pyridine rings is 1. The number of hydrogen-bond donors (Lipinski definition) is 1.